The number of β-amino-alcohol motifs (C(OH)–C–C–N with tert-alkyl or cyclic N) is 1. The molecule has 5 nitrogen and oxygen atoms in total. The number of fused-ring (bicyclic) bond motifs is 1. The standard InChI is InChI=1S/C21H34N2O3S/c1-15-12-17-13-16(6-7-19(17)23(15)27(5,25)26)20(24)14-22-10-8-18(9-11-22)21(2,3)4/h6-7,13,15,18,20,24H,8-12,14H2,1-5H3. The fourth-order valence-corrected chi connectivity index (χ4v) is 5.93. The summed E-state index contributed by atoms with van der Waals surface area (Å²) in [5.41, 5.74) is 3.00. The van der Waals surface area contributed by atoms with Crippen molar-refractivity contribution < 1.29 is 13.5 Å². The summed E-state index contributed by atoms with van der Waals surface area (Å²) in [6.07, 6.45) is 3.77. The van der Waals surface area contributed by atoms with E-state index in [2.05, 4.69) is 25.7 Å². The summed E-state index contributed by atoms with van der Waals surface area (Å²) in [5, 5.41) is 10.7. The summed E-state index contributed by atoms with van der Waals surface area (Å²) in [6, 6.07) is 5.65. The molecule has 0 aromatic heterocycles. The van der Waals surface area contributed by atoms with Crippen molar-refractivity contribution in [3.8, 4) is 0 Å². The van der Waals surface area contributed by atoms with Crippen molar-refractivity contribution in [1.82, 2.24) is 4.90 Å². The summed E-state index contributed by atoms with van der Waals surface area (Å²) in [4.78, 5) is 2.35. The topological polar surface area (TPSA) is 60.9 Å². The van der Waals surface area contributed by atoms with E-state index in [1.54, 1.807) is 0 Å². The summed E-state index contributed by atoms with van der Waals surface area (Å²) in [6.45, 7) is 11.6. The van der Waals surface area contributed by atoms with Gasteiger partial charge in [-0.15, -0.1) is 0 Å². The van der Waals surface area contributed by atoms with Gasteiger partial charge < -0.3 is 10.0 Å². The van der Waals surface area contributed by atoms with Crippen molar-refractivity contribution in [3.05, 3.63) is 29.3 Å². The Balaban J connectivity index is 1.66. The fourth-order valence-electron chi connectivity index (χ4n) is 4.67. The van der Waals surface area contributed by atoms with E-state index in [0.29, 0.717) is 18.4 Å². The second kappa shape index (κ2) is 7.37. The fraction of sp³-hybridized carbons (Fsp3) is 0.714. The van der Waals surface area contributed by atoms with Crippen LogP contribution in [0.2, 0.25) is 0 Å². The van der Waals surface area contributed by atoms with Gasteiger partial charge in [-0.25, -0.2) is 8.42 Å². The van der Waals surface area contributed by atoms with Gasteiger partial charge >= 0.3 is 0 Å². The Hall–Kier alpha value is -1.11. The summed E-state index contributed by atoms with van der Waals surface area (Å²) < 4.78 is 25.6. The molecule has 2 aliphatic heterocycles. The number of rotatable bonds is 4. The molecule has 2 unspecified atom stereocenters. The number of nitrogens with zero attached hydrogens (tertiary/aromatic N) is 2. The molecule has 1 aromatic carbocycles. The van der Waals surface area contributed by atoms with Crippen molar-refractivity contribution in [1.29, 1.82) is 0 Å². The average molecular weight is 395 g/mol. The van der Waals surface area contributed by atoms with Gasteiger partial charge in [0.25, 0.3) is 0 Å². The van der Waals surface area contributed by atoms with Crippen molar-refractivity contribution in [2.75, 3.05) is 30.2 Å². The van der Waals surface area contributed by atoms with Crippen LogP contribution in [0.5, 0.6) is 0 Å². The summed E-state index contributed by atoms with van der Waals surface area (Å²) >= 11 is 0. The zero-order valence-corrected chi connectivity index (χ0v) is 18.1. The maximum absolute atomic E-state index is 12.1. The molecule has 27 heavy (non-hydrogen) atoms. The Labute approximate surface area is 164 Å². The second-order valence-corrected chi connectivity index (χ2v) is 11.3. The van der Waals surface area contributed by atoms with Crippen LogP contribution < -0.4 is 4.31 Å². The van der Waals surface area contributed by atoms with Gasteiger partial charge in [-0.2, -0.15) is 0 Å². The van der Waals surface area contributed by atoms with Gasteiger partial charge in [0.05, 0.1) is 18.0 Å². The highest BCUT2D eigenvalue weighted by Crippen LogP contribution is 2.37. The number of likely N-dealkylation sites (tertiary alicyclic amines) is 1. The van der Waals surface area contributed by atoms with Gasteiger partial charge in [0.2, 0.25) is 10.0 Å². The number of sulfonamides is 1. The van der Waals surface area contributed by atoms with E-state index >= 15 is 0 Å². The maximum atomic E-state index is 12.1. The molecule has 0 radical (unpaired) electrons. The van der Waals surface area contributed by atoms with E-state index in [0.717, 1.165) is 35.8 Å². The third-order valence-corrected chi connectivity index (χ3v) is 7.51. The monoisotopic (exact) mass is 394 g/mol. The lowest BCUT2D eigenvalue weighted by Crippen LogP contribution is -2.39. The van der Waals surface area contributed by atoms with Gasteiger partial charge in [0, 0.05) is 12.6 Å². The molecule has 1 aromatic rings. The van der Waals surface area contributed by atoms with Gasteiger partial charge in [-0.1, -0.05) is 32.9 Å². The smallest absolute Gasteiger partial charge is 0.232 e. The highest BCUT2D eigenvalue weighted by atomic mass is 32.2. The number of anilines is 1. The second-order valence-electron chi connectivity index (χ2n) is 9.46. The van der Waals surface area contributed by atoms with E-state index in [9.17, 15) is 13.5 Å². The van der Waals surface area contributed by atoms with Crippen LogP contribution in [0.1, 0.15) is 57.8 Å². The van der Waals surface area contributed by atoms with E-state index in [-0.39, 0.29) is 6.04 Å². The van der Waals surface area contributed by atoms with Crippen molar-refractivity contribution >= 4 is 15.7 Å². The molecule has 0 bridgehead atoms. The molecule has 2 atom stereocenters. The van der Waals surface area contributed by atoms with Crippen LogP contribution in [0, 0.1) is 11.3 Å². The molecule has 6 heteroatoms. The number of hydrogen-bond donors (Lipinski definition) is 1. The SMILES string of the molecule is CC1Cc2cc(C(O)CN3CCC(C(C)(C)C)CC3)ccc2N1S(C)(=O)=O. The predicted molar refractivity (Wildman–Crippen MR) is 111 cm³/mol. The maximum Gasteiger partial charge on any atom is 0.232 e. The lowest BCUT2D eigenvalue weighted by Gasteiger charge is -2.39. The Morgan fingerprint density at radius 2 is 1.85 bits per heavy atom. The normalized spacial score (nSPS) is 23.5. The number of benzene rings is 1. The van der Waals surface area contributed by atoms with Crippen LogP contribution in [0.25, 0.3) is 0 Å². The quantitative estimate of drug-likeness (QED) is 0.852. The molecular formula is C21H34N2O3S. The minimum absolute atomic E-state index is 0.0705. The molecule has 0 saturated carbocycles. The third-order valence-electron chi connectivity index (χ3n) is 6.24. The van der Waals surface area contributed by atoms with E-state index < -0.39 is 16.1 Å². The summed E-state index contributed by atoms with van der Waals surface area (Å²) in [7, 11) is -3.28. The van der Waals surface area contributed by atoms with Crippen LogP contribution in [0.4, 0.5) is 5.69 Å². The highest BCUT2D eigenvalue weighted by Gasteiger charge is 2.33. The van der Waals surface area contributed by atoms with Crippen LogP contribution in [-0.4, -0.2) is 50.4 Å². The Kier molecular flexibility index (Phi) is 5.63. The van der Waals surface area contributed by atoms with Crippen molar-refractivity contribution in [2.45, 2.75) is 59.1 Å². The zero-order chi connectivity index (χ0) is 20.0. The average Bonchev–Trinajstić information content (AvgIpc) is 2.89. The Bertz CT molecular complexity index is 777. The first-order valence-electron chi connectivity index (χ1n) is 9.99. The lowest BCUT2D eigenvalue weighted by atomic mass is 9.75. The van der Waals surface area contributed by atoms with Gasteiger partial charge in [0.15, 0.2) is 0 Å². The first kappa shape index (κ1) is 20.6. The van der Waals surface area contributed by atoms with Crippen LogP contribution in [0.15, 0.2) is 18.2 Å². The molecule has 2 heterocycles. The molecule has 0 aliphatic carbocycles. The molecule has 3 rings (SSSR count). The lowest BCUT2D eigenvalue weighted by molar-refractivity contribution is 0.0653. The van der Waals surface area contributed by atoms with E-state index in [4.69, 9.17) is 0 Å². The summed E-state index contributed by atoms with van der Waals surface area (Å²) in [5.74, 6) is 0.745. The van der Waals surface area contributed by atoms with Crippen LogP contribution in [-0.2, 0) is 16.4 Å². The van der Waals surface area contributed by atoms with Crippen LogP contribution >= 0.6 is 0 Å². The third kappa shape index (κ3) is 4.49. The molecule has 152 valence electrons. The predicted octanol–water partition coefficient (Wildman–Crippen LogP) is 3.19. The first-order chi connectivity index (χ1) is 12.5. The Morgan fingerprint density at radius 1 is 1.22 bits per heavy atom. The minimum Gasteiger partial charge on any atom is -0.387 e. The first-order valence-corrected chi connectivity index (χ1v) is 11.8. The Morgan fingerprint density at radius 3 is 2.41 bits per heavy atom. The van der Waals surface area contributed by atoms with E-state index in [1.807, 2.05) is 25.1 Å². The van der Waals surface area contributed by atoms with E-state index in [1.165, 1.54) is 23.4 Å². The number of aliphatic hydroxyl groups is 1. The molecule has 0 spiro atoms. The van der Waals surface area contributed by atoms with Crippen molar-refractivity contribution in [3.63, 3.8) is 0 Å². The van der Waals surface area contributed by atoms with Crippen molar-refractivity contribution in [2.24, 2.45) is 11.3 Å². The zero-order valence-electron chi connectivity index (χ0n) is 17.3. The highest BCUT2D eigenvalue weighted by molar-refractivity contribution is 7.92. The molecule has 0 amide bonds. The number of aliphatic hydroxyl groups excluding tert-OH is 1. The molecule has 1 fully saturated rings. The molecule has 1 saturated heterocycles. The van der Waals surface area contributed by atoms with Crippen LogP contribution in [0.3, 0.4) is 0 Å². The van der Waals surface area contributed by atoms with Gasteiger partial charge in [-0.05, 0) is 67.8 Å². The van der Waals surface area contributed by atoms with Gasteiger partial charge in [-0.3, -0.25) is 4.31 Å². The molecular weight excluding hydrogens is 360 g/mol. The number of piperidine rings is 1. The molecule has 1 N–H and O–H groups in total. The molecule has 2 aliphatic rings. The number of hydrogen-bond acceptors (Lipinski definition) is 4. The van der Waals surface area contributed by atoms with Gasteiger partial charge in [0.1, 0.15) is 0 Å². The minimum atomic E-state index is -3.28. The largest absolute Gasteiger partial charge is 0.387 e.